The van der Waals surface area contributed by atoms with Crippen LogP contribution in [0.5, 0.6) is 0 Å². The quantitative estimate of drug-likeness (QED) is 0.801. The predicted molar refractivity (Wildman–Crippen MR) is 51.1 cm³/mol. The Hall–Kier alpha value is -1.75. The van der Waals surface area contributed by atoms with Gasteiger partial charge in [0.1, 0.15) is 5.76 Å². The molecule has 0 aliphatic rings. The minimum Gasteiger partial charge on any atom is -0.467 e. The number of rotatable bonds is 2. The Labute approximate surface area is 89.5 Å². The minimum absolute atomic E-state index is 0.117. The van der Waals surface area contributed by atoms with Gasteiger partial charge in [-0.2, -0.15) is 0 Å². The molecule has 0 saturated heterocycles. The third kappa shape index (κ3) is 1.81. The molecule has 1 unspecified atom stereocenters. The molecule has 0 spiro atoms. The zero-order chi connectivity index (χ0) is 11.7. The van der Waals surface area contributed by atoms with E-state index in [1.807, 2.05) is 0 Å². The molecule has 2 aromatic rings. The van der Waals surface area contributed by atoms with E-state index in [2.05, 4.69) is 0 Å². The van der Waals surface area contributed by atoms with Gasteiger partial charge in [0.2, 0.25) is 0 Å². The first kappa shape index (κ1) is 10.8. The first-order valence-electron chi connectivity index (χ1n) is 4.53. The molecular weight excluding hydrogens is 219 g/mol. The zero-order valence-corrected chi connectivity index (χ0v) is 8.08. The number of hydrogen-bond donors (Lipinski definition) is 1. The summed E-state index contributed by atoms with van der Waals surface area (Å²) in [7, 11) is 0. The van der Waals surface area contributed by atoms with Crippen LogP contribution in [0, 0.1) is 17.5 Å². The SMILES string of the molecule is NC(c1cc(F)c(F)c(F)c1)c1ccco1. The van der Waals surface area contributed by atoms with E-state index in [0.29, 0.717) is 5.76 Å². The van der Waals surface area contributed by atoms with E-state index in [4.69, 9.17) is 10.2 Å². The summed E-state index contributed by atoms with van der Waals surface area (Å²) in [5.74, 6) is -3.69. The van der Waals surface area contributed by atoms with Crippen LogP contribution in [0.25, 0.3) is 0 Å². The van der Waals surface area contributed by atoms with E-state index in [1.54, 1.807) is 12.1 Å². The average molecular weight is 227 g/mol. The van der Waals surface area contributed by atoms with Gasteiger partial charge in [-0.15, -0.1) is 0 Å². The van der Waals surface area contributed by atoms with Crippen molar-refractivity contribution in [2.24, 2.45) is 5.73 Å². The lowest BCUT2D eigenvalue weighted by Gasteiger charge is -2.09. The van der Waals surface area contributed by atoms with Crippen LogP contribution in [0.1, 0.15) is 17.4 Å². The van der Waals surface area contributed by atoms with Crippen LogP contribution in [-0.4, -0.2) is 0 Å². The predicted octanol–water partition coefficient (Wildman–Crippen LogP) is 2.75. The largest absolute Gasteiger partial charge is 0.467 e. The van der Waals surface area contributed by atoms with E-state index in [-0.39, 0.29) is 5.56 Å². The van der Waals surface area contributed by atoms with Crippen molar-refractivity contribution in [3.8, 4) is 0 Å². The Balaban J connectivity index is 2.42. The highest BCUT2D eigenvalue weighted by Crippen LogP contribution is 2.23. The average Bonchev–Trinajstić information content (AvgIpc) is 2.77. The lowest BCUT2D eigenvalue weighted by molar-refractivity contribution is 0.441. The Kier molecular flexibility index (Phi) is 2.70. The molecule has 84 valence electrons. The van der Waals surface area contributed by atoms with Gasteiger partial charge in [0.15, 0.2) is 17.5 Å². The standard InChI is InChI=1S/C11H8F3NO/c12-7-4-6(5-8(13)10(7)14)11(15)9-2-1-3-16-9/h1-5,11H,15H2. The van der Waals surface area contributed by atoms with Crippen LogP contribution < -0.4 is 5.73 Å². The summed E-state index contributed by atoms with van der Waals surface area (Å²) in [6.45, 7) is 0. The molecule has 0 amide bonds. The number of halogens is 3. The smallest absolute Gasteiger partial charge is 0.194 e. The van der Waals surface area contributed by atoms with E-state index < -0.39 is 23.5 Å². The van der Waals surface area contributed by atoms with Crippen LogP contribution in [0.4, 0.5) is 13.2 Å². The van der Waals surface area contributed by atoms with E-state index in [0.717, 1.165) is 12.1 Å². The summed E-state index contributed by atoms with van der Waals surface area (Å²) in [6.07, 6.45) is 1.39. The van der Waals surface area contributed by atoms with Crippen molar-refractivity contribution >= 4 is 0 Å². The Morgan fingerprint density at radius 3 is 2.25 bits per heavy atom. The molecule has 0 aliphatic heterocycles. The fourth-order valence-corrected chi connectivity index (χ4v) is 1.39. The lowest BCUT2D eigenvalue weighted by Crippen LogP contribution is -2.12. The van der Waals surface area contributed by atoms with Gasteiger partial charge in [-0.05, 0) is 29.8 Å². The molecule has 5 heteroatoms. The van der Waals surface area contributed by atoms with Crippen molar-refractivity contribution in [1.82, 2.24) is 0 Å². The summed E-state index contributed by atoms with van der Waals surface area (Å²) < 4.78 is 43.6. The fourth-order valence-electron chi connectivity index (χ4n) is 1.39. The topological polar surface area (TPSA) is 39.2 Å². The number of benzene rings is 1. The third-order valence-electron chi connectivity index (χ3n) is 2.21. The van der Waals surface area contributed by atoms with Crippen LogP contribution in [-0.2, 0) is 0 Å². The number of hydrogen-bond acceptors (Lipinski definition) is 2. The first-order valence-corrected chi connectivity index (χ1v) is 4.53. The molecule has 1 heterocycles. The molecule has 0 aliphatic carbocycles. The molecule has 1 aromatic heterocycles. The first-order chi connectivity index (χ1) is 7.59. The van der Waals surface area contributed by atoms with Crippen molar-refractivity contribution in [3.63, 3.8) is 0 Å². The van der Waals surface area contributed by atoms with E-state index in [9.17, 15) is 13.2 Å². The van der Waals surface area contributed by atoms with Gasteiger partial charge in [-0.1, -0.05) is 0 Å². The molecule has 0 fully saturated rings. The molecule has 16 heavy (non-hydrogen) atoms. The molecule has 1 atom stereocenters. The second-order valence-corrected chi connectivity index (χ2v) is 3.29. The minimum atomic E-state index is -1.50. The Bertz CT molecular complexity index is 473. The molecular formula is C11H8F3NO. The second kappa shape index (κ2) is 4.02. The maximum Gasteiger partial charge on any atom is 0.194 e. The molecule has 2 nitrogen and oxygen atoms in total. The monoisotopic (exact) mass is 227 g/mol. The number of furan rings is 1. The van der Waals surface area contributed by atoms with Crippen LogP contribution in [0.3, 0.4) is 0 Å². The van der Waals surface area contributed by atoms with Gasteiger partial charge in [0, 0.05) is 0 Å². The second-order valence-electron chi connectivity index (χ2n) is 3.29. The summed E-state index contributed by atoms with van der Waals surface area (Å²) in [6, 6.07) is 4.06. The van der Waals surface area contributed by atoms with Crippen molar-refractivity contribution < 1.29 is 17.6 Å². The van der Waals surface area contributed by atoms with Crippen molar-refractivity contribution in [1.29, 1.82) is 0 Å². The molecule has 0 bridgehead atoms. The third-order valence-corrected chi connectivity index (χ3v) is 2.21. The highest BCUT2D eigenvalue weighted by molar-refractivity contribution is 5.27. The van der Waals surface area contributed by atoms with Crippen LogP contribution >= 0.6 is 0 Å². The van der Waals surface area contributed by atoms with Crippen LogP contribution in [0.15, 0.2) is 34.9 Å². The van der Waals surface area contributed by atoms with Gasteiger partial charge in [-0.3, -0.25) is 0 Å². The normalized spacial score (nSPS) is 12.8. The fraction of sp³-hybridized carbons (Fsp3) is 0.0909. The summed E-state index contributed by atoms with van der Waals surface area (Å²) in [4.78, 5) is 0. The van der Waals surface area contributed by atoms with Gasteiger partial charge >= 0.3 is 0 Å². The summed E-state index contributed by atoms with van der Waals surface area (Å²) in [5.41, 5.74) is 5.82. The highest BCUT2D eigenvalue weighted by atomic mass is 19.2. The van der Waals surface area contributed by atoms with Crippen molar-refractivity contribution in [2.45, 2.75) is 6.04 Å². The Morgan fingerprint density at radius 2 is 1.75 bits per heavy atom. The lowest BCUT2D eigenvalue weighted by atomic mass is 10.1. The molecule has 2 rings (SSSR count). The molecule has 0 radical (unpaired) electrons. The maximum atomic E-state index is 12.9. The summed E-state index contributed by atoms with van der Waals surface area (Å²) >= 11 is 0. The van der Waals surface area contributed by atoms with Crippen molar-refractivity contribution in [3.05, 3.63) is 59.3 Å². The van der Waals surface area contributed by atoms with E-state index >= 15 is 0 Å². The van der Waals surface area contributed by atoms with Crippen LogP contribution in [0.2, 0.25) is 0 Å². The summed E-state index contributed by atoms with van der Waals surface area (Å²) in [5, 5.41) is 0. The Morgan fingerprint density at radius 1 is 1.12 bits per heavy atom. The van der Waals surface area contributed by atoms with Gasteiger partial charge < -0.3 is 10.2 Å². The number of nitrogens with two attached hydrogens (primary N) is 1. The molecule has 2 N–H and O–H groups in total. The zero-order valence-electron chi connectivity index (χ0n) is 8.08. The molecule has 0 saturated carbocycles. The van der Waals surface area contributed by atoms with Gasteiger partial charge in [0.05, 0.1) is 12.3 Å². The van der Waals surface area contributed by atoms with Gasteiger partial charge in [0.25, 0.3) is 0 Å². The molecule has 1 aromatic carbocycles. The van der Waals surface area contributed by atoms with E-state index in [1.165, 1.54) is 6.26 Å². The van der Waals surface area contributed by atoms with Crippen molar-refractivity contribution in [2.75, 3.05) is 0 Å². The highest BCUT2D eigenvalue weighted by Gasteiger charge is 2.17. The van der Waals surface area contributed by atoms with Gasteiger partial charge in [-0.25, -0.2) is 13.2 Å². The maximum absolute atomic E-state index is 12.9.